The van der Waals surface area contributed by atoms with Gasteiger partial charge in [-0.2, -0.15) is 0 Å². The smallest absolute Gasteiger partial charge is 0.264 e. The Balaban J connectivity index is 1.10. The lowest BCUT2D eigenvalue weighted by Gasteiger charge is -2.37. The number of allylic oxidation sites excluding steroid dienone is 1. The number of amides is 2. The van der Waals surface area contributed by atoms with Gasteiger partial charge in [-0.05, 0) is 47.9 Å². The third-order valence-corrected chi connectivity index (χ3v) is 10.0. The molecule has 0 aliphatic carbocycles. The van der Waals surface area contributed by atoms with E-state index in [-0.39, 0.29) is 19.1 Å². The molecule has 0 spiro atoms. The molecule has 52 heavy (non-hydrogen) atoms. The van der Waals surface area contributed by atoms with Crippen LogP contribution in [0, 0.1) is 5.92 Å². The van der Waals surface area contributed by atoms with Crippen molar-refractivity contribution < 1.29 is 45.0 Å². The third-order valence-electron chi connectivity index (χ3n) is 9.55. The number of carbonyl (C=O) groups excluding carboxylic acids is 2. The number of aliphatic hydroxyl groups is 6. The monoisotopic (exact) mass is 777 g/mol. The first kappa shape index (κ1) is 37.4. The highest BCUT2D eigenvalue weighted by atomic mass is 79.9. The summed E-state index contributed by atoms with van der Waals surface area (Å²) in [6.07, 6.45) is -2.71. The normalized spacial score (nSPS) is 25.7. The van der Waals surface area contributed by atoms with Crippen LogP contribution in [0.2, 0.25) is 0 Å². The van der Waals surface area contributed by atoms with Crippen LogP contribution in [0.15, 0.2) is 95.6 Å². The van der Waals surface area contributed by atoms with Crippen molar-refractivity contribution in [3.05, 3.63) is 118 Å². The molecule has 8 atom stereocenters. The summed E-state index contributed by atoms with van der Waals surface area (Å²) in [5.41, 5.74) is 1.79. The maximum atomic E-state index is 14.0. The van der Waals surface area contributed by atoms with Gasteiger partial charge < -0.3 is 45.6 Å². The van der Waals surface area contributed by atoms with Crippen LogP contribution in [-0.4, -0.2) is 94.8 Å². The van der Waals surface area contributed by atoms with E-state index in [4.69, 9.17) is 4.74 Å². The van der Waals surface area contributed by atoms with Crippen molar-refractivity contribution in [2.75, 3.05) is 16.8 Å². The van der Waals surface area contributed by atoms with Gasteiger partial charge in [0.2, 0.25) is 0 Å². The van der Waals surface area contributed by atoms with E-state index in [1.165, 1.54) is 4.90 Å². The predicted molar refractivity (Wildman–Crippen MR) is 192 cm³/mol. The number of halogens is 1. The van der Waals surface area contributed by atoms with Gasteiger partial charge in [0.05, 0.1) is 30.5 Å². The summed E-state index contributed by atoms with van der Waals surface area (Å²) in [5, 5.41) is 72.6. The second-order valence-corrected chi connectivity index (χ2v) is 13.9. The van der Waals surface area contributed by atoms with Gasteiger partial charge in [-0.15, -0.1) is 5.10 Å². The number of benzene rings is 3. The number of nitrogens with one attached hydrogen (secondary N) is 1. The van der Waals surface area contributed by atoms with E-state index in [0.29, 0.717) is 45.6 Å². The molecule has 1 aromatic heterocycles. The minimum Gasteiger partial charge on any atom is -0.395 e. The number of anilines is 2. The van der Waals surface area contributed by atoms with Crippen LogP contribution >= 0.6 is 15.9 Å². The molecule has 1 saturated heterocycles. The molecule has 2 aliphatic rings. The Morgan fingerprint density at radius 2 is 1.77 bits per heavy atom. The van der Waals surface area contributed by atoms with Crippen LogP contribution in [0.5, 0.6) is 0 Å². The molecule has 7 N–H and O–H groups in total. The van der Waals surface area contributed by atoms with Gasteiger partial charge >= 0.3 is 0 Å². The minimum atomic E-state index is -1.85. The molecule has 6 rings (SSSR count). The molecule has 1 fully saturated rings. The lowest BCUT2D eigenvalue weighted by molar-refractivity contribution is -0.274. The Morgan fingerprint density at radius 1 is 1.04 bits per heavy atom. The molecule has 0 radical (unpaired) electrons. The van der Waals surface area contributed by atoms with Gasteiger partial charge in [0.1, 0.15) is 18.3 Å². The fourth-order valence-electron chi connectivity index (χ4n) is 6.53. The van der Waals surface area contributed by atoms with Crippen molar-refractivity contribution in [1.29, 1.82) is 0 Å². The second-order valence-electron chi connectivity index (χ2n) is 13.0. The number of rotatable bonds is 12. The zero-order chi connectivity index (χ0) is 37.2. The molecule has 2 aliphatic heterocycles. The molecule has 0 saturated carbocycles. The van der Waals surface area contributed by atoms with Crippen molar-refractivity contribution in [2.24, 2.45) is 5.92 Å². The van der Waals surface area contributed by atoms with Crippen molar-refractivity contribution in [3.63, 3.8) is 0 Å². The van der Waals surface area contributed by atoms with Crippen molar-refractivity contribution >= 4 is 39.1 Å². The first-order valence-corrected chi connectivity index (χ1v) is 17.6. The van der Waals surface area contributed by atoms with E-state index in [1.54, 1.807) is 54.1 Å². The molecular weight excluding hydrogens is 738 g/mol. The lowest BCUT2D eigenvalue weighted by Crippen LogP contribution is -2.60. The number of hydrogen-bond acceptors (Lipinski definition) is 11. The maximum absolute atomic E-state index is 14.0. The summed E-state index contributed by atoms with van der Waals surface area (Å²) < 4.78 is 7.39. The summed E-state index contributed by atoms with van der Waals surface area (Å²) in [4.78, 5) is 28.3. The maximum Gasteiger partial charge on any atom is 0.264 e. The highest BCUT2D eigenvalue weighted by molar-refractivity contribution is 9.10. The average molecular weight is 779 g/mol. The van der Waals surface area contributed by atoms with E-state index in [2.05, 4.69) is 31.6 Å². The SMILES string of the molecule is C[C@H](/C=C/CCn1cc(C(CO)c2ccccc2)nn1)[C@@]1(O)C(=O)N(Cc2ccc(NC(=O)[C@H]3O[C@@H](O)[C@H](O)[C@@H](O)[C@@H]3O)cc2)c2ccc(Br)cc21. The standard InChI is InChI=1S/C37H40BrN5O9/c1-21(7-5-6-16-42-19-28(40-41-42)26(20-44)23-8-3-2-4-9-23)37(51)27-17-24(38)12-15-29(27)43(36(37)50)18-22-10-13-25(14-11-22)39-34(48)33-31(46)30(45)32(47)35(49)52-33/h2-5,7-15,17,19,21,26,30-33,35,44-47,49,51H,6,16,18,20H2,1H3,(H,39,48)/b7-5+/t21-,26?,30+,31+,32-,33+,35-,37+/m1/s1. The number of hydrogen-bond donors (Lipinski definition) is 7. The van der Waals surface area contributed by atoms with E-state index in [0.717, 1.165) is 5.56 Å². The van der Waals surface area contributed by atoms with Crippen LogP contribution in [0.25, 0.3) is 0 Å². The number of ether oxygens (including phenoxy) is 1. The van der Waals surface area contributed by atoms with Crippen LogP contribution < -0.4 is 10.2 Å². The number of fused-ring (bicyclic) bond motifs is 1. The van der Waals surface area contributed by atoms with E-state index >= 15 is 0 Å². The van der Waals surface area contributed by atoms with Gasteiger partial charge in [0.15, 0.2) is 18.0 Å². The fraction of sp³-hybridized carbons (Fsp3) is 0.351. The number of nitrogens with zero attached hydrogens (tertiary/aromatic N) is 4. The van der Waals surface area contributed by atoms with Gasteiger partial charge in [-0.3, -0.25) is 14.3 Å². The van der Waals surface area contributed by atoms with Crippen LogP contribution in [-0.2, 0) is 33.0 Å². The molecule has 0 bridgehead atoms. The molecule has 3 heterocycles. The van der Waals surface area contributed by atoms with E-state index in [9.17, 15) is 40.2 Å². The van der Waals surface area contributed by atoms with Gasteiger partial charge in [0, 0.05) is 34.4 Å². The van der Waals surface area contributed by atoms with Crippen LogP contribution in [0.3, 0.4) is 0 Å². The quantitative estimate of drug-likeness (QED) is 0.103. The Hall–Kier alpha value is -4.32. The van der Waals surface area contributed by atoms with Crippen molar-refractivity contribution in [3.8, 4) is 0 Å². The number of aliphatic hydroxyl groups excluding tert-OH is 5. The largest absolute Gasteiger partial charge is 0.395 e. The summed E-state index contributed by atoms with van der Waals surface area (Å²) in [7, 11) is 0. The first-order valence-electron chi connectivity index (χ1n) is 16.8. The third kappa shape index (κ3) is 7.44. The lowest BCUT2D eigenvalue weighted by atomic mass is 9.83. The predicted octanol–water partition coefficient (Wildman–Crippen LogP) is 1.92. The van der Waals surface area contributed by atoms with Crippen molar-refractivity contribution in [2.45, 2.75) is 68.7 Å². The van der Waals surface area contributed by atoms with Gasteiger partial charge in [-0.1, -0.05) is 82.7 Å². The minimum absolute atomic E-state index is 0.0984. The molecular formula is C37H40BrN5O9. The van der Waals surface area contributed by atoms with Crippen LogP contribution in [0.1, 0.15) is 41.6 Å². The molecule has 15 heteroatoms. The Morgan fingerprint density at radius 3 is 2.48 bits per heavy atom. The topological polar surface area (TPSA) is 211 Å². The first-order chi connectivity index (χ1) is 24.9. The Kier molecular flexibility index (Phi) is 11.3. The molecule has 274 valence electrons. The second kappa shape index (κ2) is 15.7. The molecule has 14 nitrogen and oxygen atoms in total. The molecule has 4 aromatic rings. The average Bonchev–Trinajstić information content (AvgIpc) is 3.69. The zero-order valence-corrected chi connectivity index (χ0v) is 29.7. The van der Waals surface area contributed by atoms with Gasteiger partial charge in [0.25, 0.3) is 11.8 Å². The molecule has 2 amide bonds. The number of aryl methyl sites for hydroxylation is 1. The Labute approximate surface area is 307 Å². The van der Waals surface area contributed by atoms with Crippen molar-refractivity contribution in [1.82, 2.24) is 15.0 Å². The number of aromatic nitrogens is 3. The summed E-state index contributed by atoms with van der Waals surface area (Å²) >= 11 is 3.47. The highest BCUT2D eigenvalue weighted by Gasteiger charge is 2.52. The zero-order valence-electron chi connectivity index (χ0n) is 28.1. The molecule has 3 aromatic carbocycles. The van der Waals surface area contributed by atoms with E-state index < -0.39 is 54.0 Å². The summed E-state index contributed by atoms with van der Waals surface area (Å²) in [5.74, 6) is -2.21. The number of carbonyl (C=O) groups is 2. The molecule has 1 unspecified atom stereocenters. The fourth-order valence-corrected chi connectivity index (χ4v) is 6.89. The Bertz CT molecular complexity index is 1910. The van der Waals surface area contributed by atoms with Crippen LogP contribution in [0.4, 0.5) is 11.4 Å². The van der Waals surface area contributed by atoms with E-state index in [1.807, 2.05) is 48.7 Å². The summed E-state index contributed by atoms with van der Waals surface area (Å²) in [6.45, 7) is 2.30. The van der Waals surface area contributed by atoms with Gasteiger partial charge in [-0.25, -0.2) is 0 Å². The summed E-state index contributed by atoms with van der Waals surface area (Å²) in [6, 6.07) is 21.4. The highest BCUT2D eigenvalue weighted by Crippen LogP contribution is 2.46.